The van der Waals surface area contributed by atoms with E-state index >= 15 is 0 Å². The highest BCUT2D eigenvalue weighted by Gasteiger charge is 2.41. The molecule has 0 radical (unpaired) electrons. The van der Waals surface area contributed by atoms with E-state index in [4.69, 9.17) is 0 Å². The lowest BCUT2D eigenvalue weighted by atomic mass is 10.2. The van der Waals surface area contributed by atoms with Gasteiger partial charge in [0.2, 0.25) is 10.0 Å². The summed E-state index contributed by atoms with van der Waals surface area (Å²) in [5.74, 6) is 0. The smallest absolute Gasteiger partial charge is 0.318 e. The molecule has 4 nitrogen and oxygen atoms in total. The van der Waals surface area contributed by atoms with Crippen LogP contribution in [0.3, 0.4) is 0 Å². The lowest BCUT2D eigenvalue weighted by molar-refractivity contribution is -0.139. The van der Waals surface area contributed by atoms with Crippen molar-refractivity contribution in [1.29, 1.82) is 0 Å². The molecule has 1 atom stereocenters. The van der Waals surface area contributed by atoms with Crippen molar-refractivity contribution in [1.82, 2.24) is 9.62 Å². The van der Waals surface area contributed by atoms with Gasteiger partial charge in [-0.2, -0.15) is 17.5 Å². The Morgan fingerprint density at radius 3 is 2.55 bits per heavy atom. The van der Waals surface area contributed by atoms with Gasteiger partial charge in [-0.15, -0.1) is 12.4 Å². The van der Waals surface area contributed by atoms with Crippen LogP contribution in [0.15, 0.2) is 29.2 Å². The second-order valence-corrected chi connectivity index (χ2v) is 6.82. The normalized spacial score (nSPS) is 19.9. The van der Waals surface area contributed by atoms with Gasteiger partial charge in [-0.25, -0.2) is 8.42 Å². The predicted molar refractivity (Wildman–Crippen MR) is 79.5 cm³/mol. The summed E-state index contributed by atoms with van der Waals surface area (Å²) in [7, 11) is -2.46. The van der Waals surface area contributed by atoms with E-state index in [1.807, 2.05) is 0 Å². The Bertz CT molecular complexity index is 608. The number of likely N-dealkylation sites (N-methyl/N-ethyl adjacent to an activating group) is 1. The SMILES string of the molecule is CNCC1CCCN1S(=O)(=O)c1ccccc1C(F)(F)F.Cl. The highest BCUT2D eigenvalue weighted by Crippen LogP contribution is 2.36. The maximum Gasteiger partial charge on any atom is 0.417 e. The summed E-state index contributed by atoms with van der Waals surface area (Å²) in [5, 5.41) is 2.88. The first kappa shape index (κ1) is 19.2. The van der Waals surface area contributed by atoms with E-state index in [2.05, 4.69) is 5.32 Å². The predicted octanol–water partition coefficient (Wildman–Crippen LogP) is 2.50. The fourth-order valence-electron chi connectivity index (χ4n) is 2.62. The van der Waals surface area contributed by atoms with Gasteiger partial charge in [-0.05, 0) is 32.0 Å². The molecule has 1 aliphatic heterocycles. The van der Waals surface area contributed by atoms with Crippen LogP contribution >= 0.6 is 12.4 Å². The number of nitrogens with one attached hydrogen (secondary N) is 1. The number of hydrogen-bond donors (Lipinski definition) is 1. The minimum absolute atomic E-state index is 0. The quantitative estimate of drug-likeness (QED) is 0.899. The van der Waals surface area contributed by atoms with Gasteiger partial charge in [0.15, 0.2) is 0 Å². The van der Waals surface area contributed by atoms with Gasteiger partial charge in [0.25, 0.3) is 0 Å². The zero-order valence-corrected chi connectivity index (χ0v) is 13.6. The lowest BCUT2D eigenvalue weighted by Gasteiger charge is -2.25. The van der Waals surface area contributed by atoms with E-state index < -0.39 is 26.7 Å². The Morgan fingerprint density at radius 2 is 1.95 bits per heavy atom. The second kappa shape index (κ2) is 7.16. The molecule has 1 fully saturated rings. The molecule has 2 rings (SSSR count). The van der Waals surface area contributed by atoms with Gasteiger partial charge >= 0.3 is 6.18 Å². The van der Waals surface area contributed by atoms with Gasteiger partial charge in [-0.1, -0.05) is 12.1 Å². The first-order valence-corrected chi connectivity index (χ1v) is 8.05. The Kier molecular flexibility index (Phi) is 6.26. The number of halogens is 4. The monoisotopic (exact) mass is 358 g/mol. The fourth-order valence-corrected chi connectivity index (χ4v) is 4.52. The van der Waals surface area contributed by atoms with Crippen molar-refractivity contribution in [3.8, 4) is 0 Å². The van der Waals surface area contributed by atoms with Crippen molar-refractivity contribution in [2.45, 2.75) is 30.0 Å². The van der Waals surface area contributed by atoms with Gasteiger partial charge < -0.3 is 5.32 Å². The molecule has 0 spiro atoms. The van der Waals surface area contributed by atoms with Gasteiger partial charge in [0, 0.05) is 19.1 Å². The van der Waals surface area contributed by atoms with Crippen molar-refractivity contribution < 1.29 is 21.6 Å². The van der Waals surface area contributed by atoms with Crippen molar-refractivity contribution in [2.24, 2.45) is 0 Å². The Hall–Kier alpha value is -0.830. The average molecular weight is 359 g/mol. The number of nitrogens with zero attached hydrogens (tertiary/aromatic N) is 1. The Morgan fingerprint density at radius 1 is 1.32 bits per heavy atom. The molecule has 0 saturated carbocycles. The number of sulfonamides is 1. The molecule has 1 unspecified atom stereocenters. The first-order chi connectivity index (χ1) is 9.78. The zero-order chi connectivity index (χ0) is 15.7. The van der Waals surface area contributed by atoms with Crippen LogP contribution in [-0.2, 0) is 16.2 Å². The van der Waals surface area contributed by atoms with Crippen molar-refractivity contribution in [3.05, 3.63) is 29.8 Å². The topological polar surface area (TPSA) is 49.4 Å². The van der Waals surface area contributed by atoms with Crippen LogP contribution < -0.4 is 5.32 Å². The van der Waals surface area contributed by atoms with Crippen LogP contribution in [0.2, 0.25) is 0 Å². The molecule has 126 valence electrons. The number of rotatable bonds is 4. The summed E-state index contributed by atoms with van der Waals surface area (Å²) >= 11 is 0. The summed E-state index contributed by atoms with van der Waals surface area (Å²) < 4.78 is 65.4. The number of benzene rings is 1. The largest absolute Gasteiger partial charge is 0.417 e. The molecule has 1 heterocycles. The molecule has 1 N–H and O–H groups in total. The fraction of sp³-hybridized carbons (Fsp3) is 0.538. The summed E-state index contributed by atoms with van der Waals surface area (Å²) in [6.45, 7) is 0.675. The lowest BCUT2D eigenvalue weighted by Crippen LogP contribution is -2.41. The maximum absolute atomic E-state index is 13.0. The van der Waals surface area contributed by atoms with Crippen molar-refractivity contribution >= 4 is 22.4 Å². The molecule has 1 aromatic rings. The molecule has 0 bridgehead atoms. The third kappa shape index (κ3) is 3.73. The number of hydrogen-bond acceptors (Lipinski definition) is 3. The molecule has 0 aliphatic carbocycles. The Balaban J connectivity index is 0.00000242. The molecule has 0 amide bonds. The minimum Gasteiger partial charge on any atom is -0.318 e. The highest BCUT2D eigenvalue weighted by atomic mass is 35.5. The third-order valence-corrected chi connectivity index (χ3v) is 5.55. The molecule has 1 aromatic carbocycles. The summed E-state index contributed by atoms with van der Waals surface area (Å²) in [6.07, 6.45) is -3.39. The van der Waals surface area contributed by atoms with Gasteiger partial charge in [0.05, 0.1) is 10.5 Å². The summed E-state index contributed by atoms with van der Waals surface area (Å²) in [5.41, 5.74) is -1.11. The van der Waals surface area contributed by atoms with Crippen LogP contribution in [0.5, 0.6) is 0 Å². The Labute approximate surface area is 134 Å². The van der Waals surface area contributed by atoms with Crippen molar-refractivity contribution in [2.75, 3.05) is 20.1 Å². The van der Waals surface area contributed by atoms with Crippen molar-refractivity contribution in [3.63, 3.8) is 0 Å². The van der Waals surface area contributed by atoms with Crippen LogP contribution in [0.25, 0.3) is 0 Å². The molecular formula is C13H18ClF3N2O2S. The van der Waals surface area contributed by atoms with E-state index in [0.29, 0.717) is 19.4 Å². The van der Waals surface area contributed by atoms with E-state index in [0.717, 1.165) is 12.1 Å². The zero-order valence-electron chi connectivity index (χ0n) is 11.9. The average Bonchev–Trinajstić information content (AvgIpc) is 2.87. The summed E-state index contributed by atoms with van der Waals surface area (Å²) in [6, 6.07) is 4.02. The molecule has 9 heteroatoms. The molecule has 0 aromatic heterocycles. The highest BCUT2D eigenvalue weighted by molar-refractivity contribution is 7.89. The van der Waals surface area contributed by atoms with Crippen LogP contribution in [0.4, 0.5) is 13.2 Å². The molecule has 1 saturated heterocycles. The minimum atomic E-state index is -4.69. The van der Waals surface area contributed by atoms with Crippen LogP contribution in [0, 0.1) is 0 Å². The van der Waals surface area contributed by atoms with E-state index in [1.165, 1.54) is 16.4 Å². The molecule has 22 heavy (non-hydrogen) atoms. The molecular weight excluding hydrogens is 341 g/mol. The van der Waals surface area contributed by atoms with E-state index in [1.54, 1.807) is 7.05 Å². The first-order valence-electron chi connectivity index (χ1n) is 6.61. The van der Waals surface area contributed by atoms with Gasteiger partial charge in [0.1, 0.15) is 0 Å². The second-order valence-electron chi connectivity index (χ2n) is 4.96. The van der Waals surface area contributed by atoms with Gasteiger partial charge in [-0.3, -0.25) is 0 Å². The van der Waals surface area contributed by atoms with Crippen LogP contribution in [0.1, 0.15) is 18.4 Å². The summed E-state index contributed by atoms with van der Waals surface area (Å²) in [4.78, 5) is -0.666. The third-order valence-electron chi connectivity index (χ3n) is 3.54. The van der Waals surface area contributed by atoms with E-state index in [9.17, 15) is 21.6 Å². The standard InChI is InChI=1S/C13H17F3N2O2S.ClH/c1-17-9-10-5-4-8-18(10)21(19,20)12-7-3-2-6-11(12)13(14,15)16;/h2-3,6-7,10,17H,4-5,8-9H2,1H3;1H. The molecule has 1 aliphatic rings. The number of alkyl halides is 3. The van der Waals surface area contributed by atoms with E-state index in [-0.39, 0.29) is 25.0 Å². The van der Waals surface area contributed by atoms with Crippen LogP contribution in [-0.4, -0.2) is 38.9 Å². The maximum atomic E-state index is 13.0.